The van der Waals surface area contributed by atoms with Gasteiger partial charge in [-0.3, -0.25) is 0 Å². The van der Waals surface area contributed by atoms with Crippen LogP contribution < -0.4 is 5.73 Å². The molecule has 0 bridgehead atoms. The first-order valence-corrected chi connectivity index (χ1v) is 7.07. The van der Waals surface area contributed by atoms with Crippen LogP contribution in [0, 0.1) is 6.92 Å². The Labute approximate surface area is 120 Å². The molecule has 20 heavy (non-hydrogen) atoms. The lowest BCUT2D eigenvalue weighted by Crippen LogP contribution is -1.83. The van der Waals surface area contributed by atoms with Crippen molar-refractivity contribution in [1.82, 2.24) is 10.1 Å². The van der Waals surface area contributed by atoms with Gasteiger partial charge in [-0.15, -0.1) is 0 Å². The van der Waals surface area contributed by atoms with Crippen LogP contribution in [0.4, 0.5) is 5.69 Å². The van der Waals surface area contributed by atoms with Crippen LogP contribution in [0.25, 0.3) is 23.5 Å². The van der Waals surface area contributed by atoms with Gasteiger partial charge >= 0.3 is 0 Å². The molecule has 2 N–H and O–H groups in total. The maximum absolute atomic E-state index is 5.73. The smallest absolute Gasteiger partial charge is 0.250 e. The molecule has 4 nitrogen and oxygen atoms in total. The van der Waals surface area contributed by atoms with Gasteiger partial charge in [-0.25, -0.2) is 0 Å². The fraction of sp³-hybridized carbons (Fsp3) is 0.0667. The van der Waals surface area contributed by atoms with Crippen molar-refractivity contribution in [2.75, 3.05) is 5.73 Å². The van der Waals surface area contributed by atoms with Crippen molar-refractivity contribution >= 4 is 29.2 Å². The number of aryl methyl sites for hydroxylation is 1. The van der Waals surface area contributed by atoms with Crippen LogP contribution in [0.1, 0.15) is 17.0 Å². The summed E-state index contributed by atoms with van der Waals surface area (Å²) in [6, 6.07) is 7.61. The average Bonchev–Trinajstić information content (AvgIpc) is 3.05. The van der Waals surface area contributed by atoms with E-state index >= 15 is 0 Å². The number of anilines is 1. The van der Waals surface area contributed by atoms with E-state index in [2.05, 4.69) is 15.5 Å². The summed E-state index contributed by atoms with van der Waals surface area (Å²) in [5, 5.41) is 8.08. The van der Waals surface area contributed by atoms with Crippen molar-refractivity contribution in [1.29, 1.82) is 0 Å². The van der Waals surface area contributed by atoms with E-state index < -0.39 is 0 Å². The number of nitrogen functional groups attached to an aromatic ring is 1. The second-order valence-electron chi connectivity index (χ2n) is 4.43. The van der Waals surface area contributed by atoms with Crippen LogP contribution in [-0.4, -0.2) is 10.1 Å². The highest BCUT2D eigenvalue weighted by Crippen LogP contribution is 2.24. The highest BCUT2D eigenvalue weighted by molar-refractivity contribution is 7.08. The van der Waals surface area contributed by atoms with E-state index in [4.69, 9.17) is 10.3 Å². The number of aromatic nitrogens is 2. The van der Waals surface area contributed by atoms with Gasteiger partial charge in [0.05, 0.1) is 0 Å². The monoisotopic (exact) mass is 283 g/mol. The van der Waals surface area contributed by atoms with E-state index in [0.29, 0.717) is 11.7 Å². The predicted molar refractivity (Wildman–Crippen MR) is 82.1 cm³/mol. The molecule has 3 rings (SSSR count). The molecule has 0 aliphatic heterocycles. The number of hydrogen-bond donors (Lipinski definition) is 1. The fourth-order valence-corrected chi connectivity index (χ4v) is 2.66. The topological polar surface area (TPSA) is 64.9 Å². The second kappa shape index (κ2) is 5.30. The van der Waals surface area contributed by atoms with Gasteiger partial charge in [-0.05, 0) is 41.6 Å². The Balaban J connectivity index is 1.83. The number of hydrogen-bond acceptors (Lipinski definition) is 5. The number of benzene rings is 1. The number of nitrogens with two attached hydrogens (primary N) is 1. The van der Waals surface area contributed by atoms with Crippen molar-refractivity contribution in [3.8, 4) is 11.4 Å². The van der Waals surface area contributed by atoms with Crippen molar-refractivity contribution in [2.45, 2.75) is 6.92 Å². The number of thiophene rings is 1. The predicted octanol–water partition coefficient (Wildman–Crippen LogP) is 3.86. The molecule has 0 aliphatic rings. The fourth-order valence-electron chi connectivity index (χ4n) is 1.83. The quantitative estimate of drug-likeness (QED) is 0.741. The molecule has 0 unspecified atom stereocenters. The lowest BCUT2D eigenvalue weighted by atomic mass is 10.2. The van der Waals surface area contributed by atoms with Crippen molar-refractivity contribution in [3.05, 3.63) is 52.0 Å². The zero-order valence-corrected chi connectivity index (χ0v) is 11.7. The summed E-state index contributed by atoms with van der Waals surface area (Å²) in [4.78, 5) is 4.36. The zero-order valence-electron chi connectivity index (χ0n) is 10.9. The molecule has 2 aromatic heterocycles. The molecule has 0 saturated carbocycles. The van der Waals surface area contributed by atoms with Crippen LogP contribution in [0.5, 0.6) is 0 Å². The minimum Gasteiger partial charge on any atom is -0.399 e. The number of nitrogens with zero attached hydrogens (tertiary/aromatic N) is 2. The Morgan fingerprint density at radius 1 is 1.25 bits per heavy atom. The normalized spacial score (nSPS) is 11.2. The van der Waals surface area contributed by atoms with E-state index in [9.17, 15) is 0 Å². The zero-order chi connectivity index (χ0) is 13.9. The molecule has 0 saturated heterocycles. The summed E-state index contributed by atoms with van der Waals surface area (Å²) in [5.74, 6) is 1.10. The van der Waals surface area contributed by atoms with Gasteiger partial charge in [0.25, 0.3) is 5.89 Å². The lowest BCUT2D eigenvalue weighted by Gasteiger charge is -1.94. The first-order valence-electron chi connectivity index (χ1n) is 6.13. The number of rotatable bonds is 3. The Bertz CT molecular complexity index is 758. The average molecular weight is 283 g/mol. The summed E-state index contributed by atoms with van der Waals surface area (Å²) in [6.45, 7) is 2.03. The van der Waals surface area contributed by atoms with Gasteiger partial charge < -0.3 is 10.3 Å². The Kier molecular flexibility index (Phi) is 3.35. The summed E-state index contributed by atoms with van der Waals surface area (Å²) in [7, 11) is 0. The molecular formula is C15H13N3OS. The molecule has 0 atom stereocenters. The Hall–Kier alpha value is -2.40. The Morgan fingerprint density at radius 3 is 2.90 bits per heavy atom. The van der Waals surface area contributed by atoms with Gasteiger partial charge in [0.2, 0.25) is 5.82 Å². The summed E-state index contributed by atoms with van der Waals surface area (Å²) in [5.41, 5.74) is 9.62. The molecule has 0 aliphatic carbocycles. The molecule has 5 heteroatoms. The molecule has 0 spiro atoms. The Morgan fingerprint density at radius 2 is 2.15 bits per heavy atom. The SMILES string of the molecule is Cc1cscc1-c1noc(/C=C/c2cccc(N)c2)n1. The van der Waals surface area contributed by atoms with E-state index in [-0.39, 0.29) is 0 Å². The second-order valence-corrected chi connectivity index (χ2v) is 5.17. The summed E-state index contributed by atoms with van der Waals surface area (Å²) >= 11 is 1.63. The van der Waals surface area contributed by atoms with E-state index in [1.165, 1.54) is 0 Å². The van der Waals surface area contributed by atoms with E-state index in [1.54, 1.807) is 17.4 Å². The van der Waals surface area contributed by atoms with E-state index in [0.717, 1.165) is 22.4 Å². The molecule has 2 heterocycles. The lowest BCUT2D eigenvalue weighted by molar-refractivity contribution is 0.411. The minimum atomic E-state index is 0.480. The minimum absolute atomic E-state index is 0.480. The maximum atomic E-state index is 5.73. The first-order chi connectivity index (χ1) is 9.72. The maximum Gasteiger partial charge on any atom is 0.250 e. The molecule has 100 valence electrons. The molecule has 1 aromatic carbocycles. The third kappa shape index (κ3) is 2.62. The van der Waals surface area contributed by atoms with Crippen molar-refractivity contribution in [2.24, 2.45) is 0 Å². The third-order valence-electron chi connectivity index (χ3n) is 2.87. The van der Waals surface area contributed by atoms with Gasteiger partial charge in [-0.2, -0.15) is 16.3 Å². The van der Waals surface area contributed by atoms with Gasteiger partial charge in [0.1, 0.15) is 0 Å². The largest absolute Gasteiger partial charge is 0.399 e. The standard InChI is InChI=1S/C15H13N3OS/c1-10-8-20-9-13(10)15-17-14(19-18-15)6-5-11-3-2-4-12(16)7-11/h2-9H,16H2,1H3/b6-5+. The van der Waals surface area contributed by atoms with Crippen LogP contribution in [-0.2, 0) is 0 Å². The van der Waals surface area contributed by atoms with Crippen LogP contribution in [0.15, 0.2) is 39.5 Å². The van der Waals surface area contributed by atoms with Crippen LogP contribution in [0.3, 0.4) is 0 Å². The molecule has 0 radical (unpaired) electrons. The van der Waals surface area contributed by atoms with E-state index in [1.807, 2.05) is 42.6 Å². The summed E-state index contributed by atoms with van der Waals surface area (Å²) in [6.07, 6.45) is 3.68. The molecular weight excluding hydrogens is 270 g/mol. The van der Waals surface area contributed by atoms with Gasteiger partial charge in [0, 0.05) is 22.7 Å². The first kappa shape index (κ1) is 12.6. The van der Waals surface area contributed by atoms with Crippen LogP contribution >= 0.6 is 11.3 Å². The van der Waals surface area contributed by atoms with Crippen LogP contribution in [0.2, 0.25) is 0 Å². The molecule has 3 aromatic rings. The highest BCUT2D eigenvalue weighted by atomic mass is 32.1. The summed E-state index contributed by atoms with van der Waals surface area (Å²) < 4.78 is 5.22. The van der Waals surface area contributed by atoms with Gasteiger partial charge in [-0.1, -0.05) is 17.3 Å². The van der Waals surface area contributed by atoms with Gasteiger partial charge in [0.15, 0.2) is 0 Å². The third-order valence-corrected chi connectivity index (χ3v) is 3.73. The van der Waals surface area contributed by atoms with Crippen molar-refractivity contribution < 1.29 is 4.52 Å². The molecule has 0 fully saturated rings. The highest BCUT2D eigenvalue weighted by Gasteiger charge is 2.09. The van der Waals surface area contributed by atoms with Crippen molar-refractivity contribution in [3.63, 3.8) is 0 Å². The molecule has 0 amide bonds.